The van der Waals surface area contributed by atoms with Crippen molar-refractivity contribution < 1.29 is 31.2 Å². The van der Waals surface area contributed by atoms with E-state index in [0.717, 1.165) is 0 Å². The maximum Gasteiger partial charge on any atom is 0.240 e. The Labute approximate surface area is 277 Å². The monoisotopic (exact) mass is 690 g/mol. The van der Waals surface area contributed by atoms with E-state index in [4.69, 9.17) is 4.74 Å². The SMILES string of the molecule is CCC(=O)CCC(C)(C)OCCC(C)(C)n1cc(CNC(=O)C2CN(S(=O)(=O)CCC(C)C)CCN2S(=O)(=O)CCC(C)C)nn1. The maximum atomic E-state index is 13.5. The number of nitrogens with one attached hydrogen (secondary N) is 1. The molecule has 1 fully saturated rings. The van der Waals surface area contributed by atoms with Crippen molar-refractivity contribution in [2.45, 2.75) is 125 Å². The Kier molecular flexibility index (Phi) is 14.8. The van der Waals surface area contributed by atoms with E-state index in [9.17, 15) is 26.4 Å². The van der Waals surface area contributed by atoms with E-state index in [1.54, 1.807) is 10.9 Å². The zero-order valence-corrected chi connectivity index (χ0v) is 31.0. The second-order valence-corrected chi connectivity index (χ2v) is 18.5. The van der Waals surface area contributed by atoms with Crippen molar-refractivity contribution in [3.05, 3.63) is 11.9 Å². The zero-order chi connectivity index (χ0) is 34.9. The van der Waals surface area contributed by atoms with Crippen LogP contribution >= 0.6 is 0 Å². The first-order valence-corrected chi connectivity index (χ1v) is 19.7. The van der Waals surface area contributed by atoms with Crippen LogP contribution < -0.4 is 5.32 Å². The number of sulfonamides is 2. The summed E-state index contributed by atoms with van der Waals surface area (Å²) >= 11 is 0. The second kappa shape index (κ2) is 16.9. The third-order valence-electron chi connectivity index (χ3n) is 8.47. The fraction of sp³-hybridized carbons (Fsp3) is 0.871. The lowest BCUT2D eigenvalue weighted by Gasteiger charge is -2.39. The average molecular weight is 691 g/mol. The number of carbonyl (C=O) groups is 2. The molecule has 1 aliphatic heterocycles. The largest absolute Gasteiger partial charge is 0.375 e. The molecule has 0 bridgehead atoms. The minimum Gasteiger partial charge on any atom is -0.375 e. The van der Waals surface area contributed by atoms with Crippen molar-refractivity contribution in [3.63, 3.8) is 0 Å². The lowest BCUT2D eigenvalue weighted by atomic mass is 9.98. The van der Waals surface area contributed by atoms with Crippen molar-refractivity contribution in [2.24, 2.45) is 11.8 Å². The summed E-state index contributed by atoms with van der Waals surface area (Å²) in [4.78, 5) is 25.2. The molecule has 266 valence electrons. The van der Waals surface area contributed by atoms with Gasteiger partial charge in [-0.3, -0.25) is 9.59 Å². The van der Waals surface area contributed by atoms with E-state index < -0.39 is 43.1 Å². The summed E-state index contributed by atoms with van der Waals surface area (Å²) in [7, 11) is -7.47. The Morgan fingerprint density at radius 2 is 1.59 bits per heavy atom. The molecule has 1 saturated heterocycles. The lowest BCUT2D eigenvalue weighted by molar-refractivity contribution is -0.126. The van der Waals surface area contributed by atoms with Gasteiger partial charge in [0.05, 0.1) is 35.4 Å². The van der Waals surface area contributed by atoms with Crippen LogP contribution in [0.4, 0.5) is 0 Å². The van der Waals surface area contributed by atoms with Gasteiger partial charge in [0.2, 0.25) is 26.0 Å². The van der Waals surface area contributed by atoms with Crippen LogP contribution in [-0.4, -0.2) is 102 Å². The van der Waals surface area contributed by atoms with Crippen LogP contribution in [0.5, 0.6) is 0 Å². The highest BCUT2D eigenvalue weighted by molar-refractivity contribution is 7.89. The van der Waals surface area contributed by atoms with E-state index in [0.29, 0.717) is 50.8 Å². The van der Waals surface area contributed by atoms with Gasteiger partial charge in [0.15, 0.2) is 0 Å². The number of Topliss-reactive ketones (excluding diaryl/α,β-unsaturated/α-hetero) is 1. The van der Waals surface area contributed by atoms with Crippen molar-refractivity contribution in [1.82, 2.24) is 28.9 Å². The summed E-state index contributed by atoms with van der Waals surface area (Å²) in [5, 5.41) is 11.2. The van der Waals surface area contributed by atoms with Gasteiger partial charge in [0.1, 0.15) is 17.5 Å². The van der Waals surface area contributed by atoms with E-state index in [2.05, 4.69) is 15.6 Å². The molecule has 2 rings (SSSR count). The summed E-state index contributed by atoms with van der Waals surface area (Å²) in [5.74, 6) is -0.197. The Morgan fingerprint density at radius 1 is 0.978 bits per heavy atom. The highest BCUT2D eigenvalue weighted by Crippen LogP contribution is 2.24. The van der Waals surface area contributed by atoms with E-state index in [-0.39, 0.29) is 55.3 Å². The van der Waals surface area contributed by atoms with Crippen LogP contribution in [0.15, 0.2) is 6.20 Å². The van der Waals surface area contributed by atoms with Gasteiger partial charge in [-0.15, -0.1) is 5.10 Å². The van der Waals surface area contributed by atoms with Gasteiger partial charge in [-0.1, -0.05) is 39.8 Å². The first kappa shape index (κ1) is 40.2. The molecular formula is C31H58N6O7S2. The number of hydrogen-bond donors (Lipinski definition) is 1. The molecule has 46 heavy (non-hydrogen) atoms. The predicted molar refractivity (Wildman–Crippen MR) is 179 cm³/mol. The van der Waals surface area contributed by atoms with Gasteiger partial charge in [-0.25, -0.2) is 21.5 Å². The first-order chi connectivity index (χ1) is 21.2. The lowest BCUT2D eigenvalue weighted by Crippen LogP contribution is -2.61. The summed E-state index contributed by atoms with van der Waals surface area (Å²) < 4.78 is 63.0. The number of amides is 1. The standard InChI is InChI=1S/C31H58N6O7S2/c1-10-27(38)11-14-31(8,9)44-18-15-30(6,7)37-22-26(33-34-37)21-32-29(39)28-23-35(45(40,41)19-12-24(2)3)16-17-36(28)46(42,43)20-13-25(4)5/h22,24-25,28H,10-21,23H2,1-9H3,(H,32,39). The molecular weight excluding hydrogens is 633 g/mol. The van der Waals surface area contributed by atoms with Crippen LogP contribution in [0.25, 0.3) is 0 Å². The molecule has 1 aromatic heterocycles. The highest BCUT2D eigenvalue weighted by Gasteiger charge is 2.42. The smallest absolute Gasteiger partial charge is 0.240 e. The molecule has 1 aliphatic rings. The molecule has 0 spiro atoms. The minimum absolute atomic E-state index is 0.000380. The fourth-order valence-corrected chi connectivity index (χ4v) is 8.58. The van der Waals surface area contributed by atoms with Crippen molar-refractivity contribution in [2.75, 3.05) is 37.7 Å². The molecule has 1 amide bonds. The van der Waals surface area contributed by atoms with Gasteiger partial charge in [0, 0.05) is 39.1 Å². The number of rotatable bonds is 20. The molecule has 0 aromatic carbocycles. The molecule has 1 N–H and O–H groups in total. The van der Waals surface area contributed by atoms with Crippen LogP contribution in [0, 0.1) is 11.8 Å². The molecule has 0 saturated carbocycles. The molecule has 1 unspecified atom stereocenters. The van der Waals surface area contributed by atoms with Crippen LogP contribution in [0.2, 0.25) is 0 Å². The van der Waals surface area contributed by atoms with Gasteiger partial charge in [-0.2, -0.15) is 8.61 Å². The normalized spacial score (nSPS) is 17.6. The molecule has 0 radical (unpaired) electrons. The first-order valence-electron chi connectivity index (χ1n) is 16.5. The van der Waals surface area contributed by atoms with Gasteiger partial charge in [0.25, 0.3) is 0 Å². The second-order valence-electron chi connectivity index (χ2n) is 14.4. The van der Waals surface area contributed by atoms with E-state index >= 15 is 0 Å². The molecule has 2 heterocycles. The van der Waals surface area contributed by atoms with E-state index in [1.165, 1.54) is 8.61 Å². The average Bonchev–Trinajstić information content (AvgIpc) is 3.46. The van der Waals surface area contributed by atoms with E-state index in [1.807, 2.05) is 62.3 Å². The summed E-state index contributed by atoms with van der Waals surface area (Å²) in [6.45, 7) is 17.7. The Bertz CT molecular complexity index is 1360. The number of hydrogen-bond acceptors (Lipinski definition) is 9. The number of nitrogens with zero attached hydrogens (tertiary/aromatic N) is 5. The molecule has 1 atom stereocenters. The quantitative estimate of drug-likeness (QED) is 0.217. The van der Waals surface area contributed by atoms with Crippen molar-refractivity contribution in [1.29, 1.82) is 0 Å². The molecule has 15 heteroatoms. The Balaban J connectivity index is 2.10. The van der Waals surface area contributed by atoms with Gasteiger partial charge >= 0.3 is 0 Å². The van der Waals surface area contributed by atoms with Crippen LogP contribution in [0.1, 0.15) is 107 Å². The summed E-state index contributed by atoms with van der Waals surface area (Å²) in [5.41, 5.74) is -0.413. The zero-order valence-electron chi connectivity index (χ0n) is 29.4. The molecule has 1 aromatic rings. The predicted octanol–water partition coefficient (Wildman–Crippen LogP) is 3.31. The maximum absolute atomic E-state index is 13.5. The van der Waals surface area contributed by atoms with Crippen LogP contribution in [-0.2, 0) is 46.5 Å². The van der Waals surface area contributed by atoms with Gasteiger partial charge < -0.3 is 10.1 Å². The molecule has 13 nitrogen and oxygen atoms in total. The number of ketones is 1. The Hall–Kier alpha value is -1.94. The third-order valence-corrected chi connectivity index (χ3v) is 12.2. The Morgan fingerprint density at radius 3 is 2.17 bits per heavy atom. The highest BCUT2D eigenvalue weighted by atomic mass is 32.2. The summed E-state index contributed by atoms with van der Waals surface area (Å²) in [6.07, 6.45) is 4.91. The number of piperazine rings is 1. The third kappa shape index (κ3) is 12.6. The summed E-state index contributed by atoms with van der Waals surface area (Å²) in [6, 6.07) is -1.20. The van der Waals surface area contributed by atoms with Crippen molar-refractivity contribution >= 4 is 31.7 Å². The molecule has 0 aliphatic carbocycles. The number of carbonyl (C=O) groups excluding carboxylic acids is 2. The van der Waals surface area contributed by atoms with Crippen LogP contribution in [0.3, 0.4) is 0 Å². The fourth-order valence-electron chi connectivity index (χ4n) is 4.91. The topological polar surface area (TPSA) is 161 Å². The number of ether oxygens (including phenoxy) is 1. The van der Waals surface area contributed by atoms with Crippen molar-refractivity contribution in [3.8, 4) is 0 Å². The minimum atomic E-state index is -3.80. The number of aromatic nitrogens is 3. The van der Waals surface area contributed by atoms with Gasteiger partial charge in [-0.05, 0) is 65.2 Å².